The molecule has 3 rings (SSSR count). The zero-order valence-electron chi connectivity index (χ0n) is 36.7. The minimum atomic E-state index is -0.560. The lowest BCUT2D eigenvalue weighted by molar-refractivity contribution is -0.870. The first-order valence-electron chi connectivity index (χ1n) is 22.0. The van der Waals surface area contributed by atoms with Gasteiger partial charge >= 0.3 is 11.9 Å². The molecular formula is C48H78N2O4S2+2. The molecule has 1 aliphatic carbocycles. The topological polar surface area (TPSA) is 52.6 Å². The molecule has 0 bridgehead atoms. The highest BCUT2D eigenvalue weighted by Crippen LogP contribution is 2.49. The Balaban J connectivity index is 1.79. The number of thioether (sulfide) groups is 2. The van der Waals surface area contributed by atoms with Crippen LogP contribution in [0.4, 0.5) is 0 Å². The van der Waals surface area contributed by atoms with Gasteiger partial charge in [0, 0.05) is 19.6 Å². The number of ether oxygens (including phenoxy) is 2. The van der Waals surface area contributed by atoms with Gasteiger partial charge in [-0.05, 0) is 112 Å². The molecule has 0 fully saturated rings. The second-order valence-electron chi connectivity index (χ2n) is 18.1. The van der Waals surface area contributed by atoms with E-state index in [1.54, 1.807) is 23.5 Å². The summed E-state index contributed by atoms with van der Waals surface area (Å²) < 4.78 is 13.7. The van der Waals surface area contributed by atoms with Gasteiger partial charge in [0.1, 0.15) is 0 Å². The van der Waals surface area contributed by atoms with Gasteiger partial charge in [-0.2, -0.15) is 0 Å². The molecule has 2 atom stereocenters. The second-order valence-corrected chi connectivity index (χ2v) is 20.4. The van der Waals surface area contributed by atoms with Crippen molar-refractivity contribution in [2.45, 2.75) is 139 Å². The minimum absolute atomic E-state index is 0.264. The SMILES string of the molecule is CCCCCCCCc1ccc(SC2=C(Sc3ccc(CCCC[N+](C)(C)C)cc3)C[C@H](C(=O)OCCCC)[C@@H](C(=O)OCCCCCC[N+](C)(C)C)C2)cc1. The van der Waals surface area contributed by atoms with Crippen molar-refractivity contribution in [2.24, 2.45) is 11.8 Å². The van der Waals surface area contributed by atoms with Crippen LogP contribution in [0.15, 0.2) is 68.1 Å². The van der Waals surface area contributed by atoms with E-state index in [1.165, 1.54) is 73.9 Å². The first-order valence-corrected chi connectivity index (χ1v) is 23.6. The van der Waals surface area contributed by atoms with Gasteiger partial charge in [0.25, 0.3) is 0 Å². The monoisotopic (exact) mass is 811 g/mol. The van der Waals surface area contributed by atoms with E-state index >= 15 is 0 Å². The van der Waals surface area contributed by atoms with E-state index in [9.17, 15) is 9.59 Å². The number of carbonyl (C=O) groups is 2. The summed E-state index contributed by atoms with van der Waals surface area (Å²) in [4.78, 5) is 32.3. The van der Waals surface area contributed by atoms with Crippen LogP contribution in [0.1, 0.15) is 128 Å². The lowest BCUT2D eigenvalue weighted by atomic mass is 9.82. The largest absolute Gasteiger partial charge is 0.465 e. The average Bonchev–Trinajstić information content (AvgIpc) is 3.15. The van der Waals surface area contributed by atoms with E-state index in [-0.39, 0.29) is 11.9 Å². The summed E-state index contributed by atoms with van der Waals surface area (Å²) >= 11 is 3.49. The van der Waals surface area contributed by atoms with Gasteiger partial charge in [0.05, 0.1) is 80.4 Å². The maximum Gasteiger partial charge on any atom is 0.310 e. The van der Waals surface area contributed by atoms with Crippen molar-refractivity contribution in [1.82, 2.24) is 0 Å². The third kappa shape index (κ3) is 19.9. The highest BCUT2D eigenvalue weighted by atomic mass is 32.2. The van der Waals surface area contributed by atoms with Crippen LogP contribution in [0.2, 0.25) is 0 Å². The molecule has 0 spiro atoms. The fourth-order valence-electron chi connectivity index (χ4n) is 7.11. The molecule has 0 saturated carbocycles. The van der Waals surface area contributed by atoms with Crippen molar-refractivity contribution >= 4 is 35.5 Å². The van der Waals surface area contributed by atoms with Crippen molar-refractivity contribution in [3.8, 4) is 0 Å². The summed E-state index contributed by atoms with van der Waals surface area (Å²) in [6.07, 6.45) is 19.3. The third-order valence-electron chi connectivity index (χ3n) is 10.6. The lowest BCUT2D eigenvalue weighted by Crippen LogP contribution is -2.36. The Morgan fingerprint density at radius 1 is 0.518 bits per heavy atom. The molecule has 0 unspecified atom stereocenters. The Morgan fingerprint density at radius 3 is 1.36 bits per heavy atom. The van der Waals surface area contributed by atoms with Crippen molar-refractivity contribution in [3.63, 3.8) is 0 Å². The number of aryl methyl sites for hydroxylation is 2. The van der Waals surface area contributed by atoms with Crippen LogP contribution < -0.4 is 0 Å². The molecule has 0 radical (unpaired) electrons. The quantitative estimate of drug-likeness (QED) is 0.0485. The van der Waals surface area contributed by atoms with Gasteiger partial charge in [-0.15, -0.1) is 0 Å². The number of nitrogens with zero attached hydrogens (tertiary/aromatic N) is 2. The summed E-state index contributed by atoms with van der Waals surface area (Å²) in [6, 6.07) is 18.0. The number of quaternary nitrogens is 2. The predicted octanol–water partition coefficient (Wildman–Crippen LogP) is 11.9. The van der Waals surface area contributed by atoms with E-state index in [2.05, 4.69) is 105 Å². The van der Waals surface area contributed by atoms with Crippen LogP contribution in [0.25, 0.3) is 0 Å². The fraction of sp³-hybridized carbons (Fsp3) is 0.667. The molecule has 2 aromatic carbocycles. The summed E-state index contributed by atoms with van der Waals surface area (Å²) in [5.74, 6) is -1.66. The molecular weight excluding hydrogens is 733 g/mol. The number of hydrogen-bond acceptors (Lipinski definition) is 6. The van der Waals surface area contributed by atoms with Crippen LogP contribution in [-0.2, 0) is 31.9 Å². The zero-order chi connectivity index (χ0) is 40.8. The summed E-state index contributed by atoms with van der Waals surface area (Å²) in [7, 11) is 13.4. The molecule has 0 aliphatic heterocycles. The summed E-state index contributed by atoms with van der Waals surface area (Å²) in [6.45, 7) is 7.46. The summed E-state index contributed by atoms with van der Waals surface area (Å²) in [5, 5.41) is 0. The van der Waals surface area contributed by atoms with Crippen LogP contribution in [0, 0.1) is 11.8 Å². The van der Waals surface area contributed by atoms with Crippen molar-refractivity contribution in [1.29, 1.82) is 0 Å². The van der Waals surface area contributed by atoms with E-state index in [4.69, 9.17) is 9.47 Å². The van der Waals surface area contributed by atoms with E-state index in [0.29, 0.717) is 26.1 Å². The van der Waals surface area contributed by atoms with Gasteiger partial charge in [0.2, 0.25) is 0 Å². The Morgan fingerprint density at radius 2 is 0.893 bits per heavy atom. The van der Waals surface area contributed by atoms with E-state index in [1.807, 2.05) is 0 Å². The smallest absolute Gasteiger partial charge is 0.310 e. The normalized spacial score (nSPS) is 16.3. The third-order valence-corrected chi connectivity index (χ3v) is 13.1. The van der Waals surface area contributed by atoms with Gasteiger partial charge in [0.15, 0.2) is 0 Å². The van der Waals surface area contributed by atoms with Crippen molar-refractivity contribution in [2.75, 3.05) is 68.6 Å². The molecule has 56 heavy (non-hydrogen) atoms. The highest BCUT2D eigenvalue weighted by molar-refractivity contribution is 8.06. The Hall–Kier alpha value is -2.26. The number of allylic oxidation sites excluding steroid dienone is 2. The Labute approximate surface area is 351 Å². The first-order chi connectivity index (χ1) is 26.8. The van der Waals surface area contributed by atoms with Gasteiger partial charge in [-0.1, -0.05) is 100 Å². The molecule has 2 aromatic rings. The molecule has 1 aliphatic rings. The molecule has 0 heterocycles. The summed E-state index contributed by atoms with van der Waals surface area (Å²) in [5.41, 5.74) is 2.74. The molecule has 6 nitrogen and oxygen atoms in total. The number of esters is 2. The maximum absolute atomic E-state index is 13.9. The predicted molar refractivity (Wildman–Crippen MR) is 239 cm³/mol. The highest BCUT2D eigenvalue weighted by Gasteiger charge is 2.41. The average molecular weight is 811 g/mol. The van der Waals surface area contributed by atoms with Crippen LogP contribution in [0.3, 0.4) is 0 Å². The molecule has 0 saturated heterocycles. The zero-order valence-corrected chi connectivity index (χ0v) is 38.3. The standard InChI is InChI=1S/C48H78N2O4S2/c1-9-11-13-14-15-18-23-39-25-29-41(30-26-39)55-46-38-44(48(52)54-36-22-17-16-20-33-49(3,4)5)43(47(51)53-35-12-10-2)37-45(46)56-42-31-27-40(28-32-42)24-19-21-34-50(6,7)8/h25-32,43-44H,9-24,33-38H2,1-8H3/q+2/t43-,44-/m0/s1. The van der Waals surface area contributed by atoms with Gasteiger partial charge < -0.3 is 18.4 Å². The van der Waals surface area contributed by atoms with Crippen LogP contribution in [-0.4, -0.2) is 89.5 Å². The number of unbranched alkanes of at least 4 members (excludes halogenated alkanes) is 10. The fourth-order valence-corrected chi connectivity index (χ4v) is 9.39. The Kier molecular flexibility index (Phi) is 22.3. The molecule has 0 aromatic heterocycles. The van der Waals surface area contributed by atoms with Gasteiger partial charge in [-0.25, -0.2) is 0 Å². The maximum atomic E-state index is 13.9. The Bertz CT molecular complexity index is 1440. The molecule has 0 amide bonds. The second kappa shape index (κ2) is 26.0. The first kappa shape index (κ1) is 48.1. The minimum Gasteiger partial charge on any atom is -0.465 e. The van der Waals surface area contributed by atoms with E-state index < -0.39 is 11.8 Å². The lowest BCUT2D eigenvalue weighted by Gasteiger charge is -2.32. The van der Waals surface area contributed by atoms with Crippen LogP contribution in [0.5, 0.6) is 0 Å². The number of hydrogen-bond donors (Lipinski definition) is 0. The van der Waals surface area contributed by atoms with E-state index in [0.717, 1.165) is 81.6 Å². The molecule has 0 N–H and O–H groups in total. The van der Waals surface area contributed by atoms with Crippen molar-refractivity contribution in [3.05, 3.63) is 69.5 Å². The molecule has 8 heteroatoms. The number of carbonyl (C=O) groups excluding carboxylic acids is 2. The number of benzene rings is 2. The van der Waals surface area contributed by atoms with Crippen molar-refractivity contribution < 1.29 is 28.0 Å². The number of rotatable bonds is 28. The van der Waals surface area contributed by atoms with Gasteiger partial charge in [-0.3, -0.25) is 9.59 Å². The molecule has 314 valence electrons. The van der Waals surface area contributed by atoms with Crippen LogP contribution >= 0.6 is 23.5 Å².